The molecule has 1 aromatic carbocycles. The van der Waals surface area contributed by atoms with Crippen LogP contribution in [0.1, 0.15) is 29.8 Å². The Hall–Kier alpha value is -1.29. The van der Waals surface area contributed by atoms with Gasteiger partial charge in [0, 0.05) is 22.6 Å². The lowest BCUT2D eigenvalue weighted by Gasteiger charge is -2.13. The highest BCUT2D eigenvalue weighted by Crippen LogP contribution is 2.31. The Balaban J connectivity index is 2.70. The molecule has 0 N–H and O–H groups in total. The van der Waals surface area contributed by atoms with E-state index >= 15 is 0 Å². The van der Waals surface area contributed by atoms with Crippen LogP contribution in [0.5, 0.6) is 0 Å². The van der Waals surface area contributed by atoms with Crippen LogP contribution in [0.3, 0.4) is 0 Å². The minimum absolute atomic E-state index is 0.294. The molecule has 0 atom stereocenters. The van der Waals surface area contributed by atoms with Gasteiger partial charge in [0.15, 0.2) is 0 Å². The molecule has 102 valence electrons. The van der Waals surface area contributed by atoms with Crippen molar-refractivity contribution in [3.63, 3.8) is 0 Å². The lowest BCUT2D eigenvalue weighted by molar-refractivity contribution is 0.0600. The molecular formula is C15H18BrNO2. The highest BCUT2D eigenvalue weighted by molar-refractivity contribution is 9.10. The Morgan fingerprint density at radius 2 is 2.16 bits per heavy atom. The standard InChI is InChI=1S/C15H18BrNO2/c1-9(2)8-17-6-5-11-13(16)7-12(15(18)19-4)10(3)14(11)17/h5-7,9H,8H2,1-4H3. The number of rotatable bonds is 3. The van der Waals surface area contributed by atoms with E-state index in [-0.39, 0.29) is 5.97 Å². The lowest BCUT2D eigenvalue weighted by atomic mass is 10.1. The van der Waals surface area contributed by atoms with Crippen LogP contribution in [0.4, 0.5) is 0 Å². The van der Waals surface area contributed by atoms with Gasteiger partial charge in [-0.15, -0.1) is 0 Å². The molecule has 0 saturated heterocycles. The van der Waals surface area contributed by atoms with Crippen molar-refractivity contribution in [2.75, 3.05) is 7.11 Å². The van der Waals surface area contributed by atoms with Gasteiger partial charge >= 0.3 is 5.97 Å². The first kappa shape index (κ1) is 14.1. The van der Waals surface area contributed by atoms with Gasteiger partial charge in [-0.25, -0.2) is 4.79 Å². The van der Waals surface area contributed by atoms with Crippen LogP contribution in [-0.2, 0) is 11.3 Å². The molecule has 0 bridgehead atoms. The lowest BCUT2D eigenvalue weighted by Crippen LogP contribution is -2.08. The first-order chi connectivity index (χ1) is 8.95. The summed E-state index contributed by atoms with van der Waals surface area (Å²) in [7, 11) is 1.41. The Kier molecular flexibility index (Phi) is 3.99. The fourth-order valence-corrected chi connectivity index (χ4v) is 2.94. The summed E-state index contributed by atoms with van der Waals surface area (Å²) >= 11 is 3.54. The second-order valence-electron chi connectivity index (χ2n) is 5.15. The number of hydrogen-bond acceptors (Lipinski definition) is 2. The summed E-state index contributed by atoms with van der Waals surface area (Å²) in [6.45, 7) is 7.26. The van der Waals surface area contributed by atoms with Gasteiger partial charge in [-0.1, -0.05) is 29.8 Å². The summed E-state index contributed by atoms with van der Waals surface area (Å²) in [5.74, 6) is 0.257. The van der Waals surface area contributed by atoms with E-state index in [4.69, 9.17) is 4.74 Å². The molecule has 0 aliphatic rings. The van der Waals surface area contributed by atoms with Gasteiger partial charge in [0.25, 0.3) is 0 Å². The number of aromatic nitrogens is 1. The molecule has 3 nitrogen and oxygen atoms in total. The number of methoxy groups -OCH3 is 1. The number of nitrogens with zero attached hydrogens (tertiary/aromatic N) is 1. The minimum atomic E-state index is -0.294. The largest absolute Gasteiger partial charge is 0.465 e. The number of carbonyl (C=O) groups excluding carboxylic acids is 1. The zero-order valence-electron chi connectivity index (χ0n) is 11.7. The molecule has 2 rings (SSSR count). The predicted octanol–water partition coefficient (Wildman–Crippen LogP) is 4.15. The van der Waals surface area contributed by atoms with Crippen LogP contribution in [-0.4, -0.2) is 17.6 Å². The molecule has 0 saturated carbocycles. The van der Waals surface area contributed by atoms with Gasteiger partial charge in [0.05, 0.1) is 18.2 Å². The maximum atomic E-state index is 11.8. The number of carbonyl (C=O) groups is 1. The molecule has 0 aliphatic carbocycles. The predicted molar refractivity (Wildman–Crippen MR) is 80.6 cm³/mol. The molecular weight excluding hydrogens is 306 g/mol. The average molecular weight is 324 g/mol. The number of halogens is 1. The third-order valence-electron chi connectivity index (χ3n) is 3.22. The van der Waals surface area contributed by atoms with Gasteiger partial charge in [-0.2, -0.15) is 0 Å². The van der Waals surface area contributed by atoms with Crippen molar-refractivity contribution in [2.45, 2.75) is 27.3 Å². The maximum absolute atomic E-state index is 11.8. The number of hydrogen-bond donors (Lipinski definition) is 0. The first-order valence-electron chi connectivity index (χ1n) is 6.32. The molecule has 19 heavy (non-hydrogen) atoms. The molecule has 0 radical (unpaired) electrons. The van der Waals surface area contributed by atoms with E-state index in [1.54, 1.807) is 0 Å². The summed E-state index contributed by atoms with van der Waals surface area (Å²) in [4.78, 5) is 11.8. The van der Waals surface area contributed by atoms with Crippen molar-refractivity contribution in [3.8, 4) is 0 Å². The second kappa shape index (κ2) is 5.37. The summed E-state index contributed by atoms with van der Waals surface area (Å²) in [6.07, 6.45) is 2.07. The summed E-state index contributed by atoms with van der Waals surface area (Å²) < 4.78 is 7.98. The average Bonchev–Trinajstić information content (AvgIpc) is 2.76. The van der Waals surface area contributed by atoms with Crippen LogP contribution >= 0.6 is 15.9 Å². The van der Waals surface area contributed by atoms with Crippen molar-refractivity contribution >= 4 is 32.8 Å². The van der Waals surface area contributed by atoms with Gasteiger partial charge < -0.3 is 9.30 Å². The molecule has 0 spiro atoms. The van der Waals surface area contributed by atoms with Crippen molar-refractivity contribution in [1.29, 1.82) is 0 Å². The molecule has 1 heterocycles. The van der Waals surface area contributed by atoms with Crippen molar-refractivity contribution in [3.05, 3.63) is 33.9 Å². The topological polar surface area (TPSA) is 31.2 Å². The third-order valence-corrected chi connectivity index (χ3v) is 3.87. The molecule has 0 aliphatic heterocycles. The van der Waals surface area contributed by atoms with E-state index in [2.05, 4.69) is 46.6 Å². The summed E-state index contributed by atoms with van der Waals surface area (Å²) in [5, 5.41) is 1.13. The molecule has 4 heteroatoms. The van der Waals surface area contributed by atoms with Crippen LogP contribution in [0.15, 0.2) is 22.8 Å². The van der Waals surface area contributed by atoms with Crippen LogP contribution in [0, 0.1) is 12.8 Å². The van der Waals surface area contributed by atoms with Crippen LogP contribution in [0.2, 0.25) is 0 Å². The zero-order chi connectivity index (χ0) is 14.2. The minimum Gasteiger partial charge on any atom is -0.465 e. The summed E-state index contributed by atoms with van der Waals surface area (Å²) in [6, 6.07) is 3.92. The van der Waals surface area contributed by atoms with Gasteiger partial charge in [-0.3, -0.25) is 0 Å². The quantitative estimate of drug-likeness (QED) is 0.794. The first-order valence-corrected chi connectivity index (χ1v) is 7.11. The van der Waals surface area contributed by atoms with Gasteiger partial charge in [0.1, 0.15) is 0 Å². The Bertz CT molecular complexity index is 629. The number of esters is 1. The monoisotopic (exact) mass is 323 g/mol. The van der Waals surface area contributed by atoms with Gasteiger partial charge in [-0.05, 0) is 30.5 Å². The van der Waals surface area contributed by atoms with Crippen molar-refractivity contribution in [2.24, 2.45) is 5.92 Å². The summed E-state index contributed by atoms with van der Waals surface area (Å²) in [5.41, 5.74) is 2.68. The van der Waals surface area contributed by atoms with Crippen molar-refractivity contribution in [1.82, 2.24) is 4.57 Å². The highest BCUT2D eigenvalue weighted by atomic mass is 79.9. The normalized spacial score (nSPS) is 11.3. The maximum Gasteiger partial charge on any atom is 0.338 e. The van der Waals surface area contributed by atoms with Crippen LogP contribution in [0.25, 0.3) is 10.9 Å². The second-order valence-corrected chi connectivity index (χ2v) is 6.00. The molecule has 0 unspecified atom stereocenters. The third kappa shape index (κ3) is 2.54. The van der Waals surface area contributed by atoms with Crippen molar-refractivity contribution < 1.29 is 9.53 Å². The number of ether oxygens (including phenoxy) is 1. The van der Waals surface area contributed by atoms with E-state index < -0.39 is 0 Å². The Morgan fingerprint density at radius 1 is 1.47 bits per heavy atom. The molecule has 2 aromatic rings. The SMILES string of the molecule is COC(=O)c1cc(Br)c2ccn(CC(C)C)c2c1C. The highest BCUT2D eigenvalue weighted by Gasteiger charge is 2.17. The van der Waals surface area contributed by atoms with Gasteiger partial charge in [0.2, 0.25) is 0 Å². The molecule has 1 aromatic heterocycles. The molecule has 0 amide bonds. The van der Waals surface area contributed by atoms with E-state index in [0.29, 0.717) is 11.5 Å². The Labute approximate surface area is 121 Å². The van der Waals surface area contributed by atoms with Crippen LogP contribution < -0.4 is 0 Å². The number of benzene rings is 1. The number of fused-ring (bicyclic) bond motifs is 1. The fourth-order valence-electron chi connectivity index (χ4n) is 2.39. The molecule has 0 fully saturated rings. The van der Waals surface area contributed by atoms with E-state index in [9.17, 15) is 4.79 Å². The zero-order valence-corrected chi connectivity index (χ0v) is 13.2. The number of aryl methyl sites for hydroxylation is 1. The van der Waals surface area contributed by atoms with E-state index in [1.165, 1.54) is 7.11 Å². The Morgan fingerprint density at radius 3 is 2.74 bits per heavy atom. The van der Waals surface area contributed by atoms with E-state index in [0.717, 1.165) is 27.5 Å². The van der Waals surface area contributed by atoms with E-state index in [1.807, 2.05) is 13.0 Å². The smallest absolute Gasteiger partial charge is 0.338 e. The fraction of sp³-hybridized carbons (Fsp3) is 0.400.